The lowest BCUT2D eigenvalue weighted by Gasteiger charge is -2.24. The van der Waals surface area contributed by atoms with Gasteiger partial charge < -0.3 is 15.4 Å². The predicted molar refractivity (Wildman–Crippen MR) is 88.2 cm³/mol. The van der Waals surface area contributed by atoms with Crippen molar-refractivity contribution in [2.45, 2.75) is 39.2 Å². The van der Waals surface area contributed by atoms with E-state index in [1.807, 2.05) is 39.0 Å². The second-order valence-corrected chi connectivity index (χ2v) is 6.74. The molecule has 0 aromatic carbocycles. The van der Waals surface area contributed by atoms with Crippen molar-refractivity contribution in [3.63, 3.8) is 0 Å². The van der Waals surface area contributed by atoms with Gasteiger partial charge in [-0.25, -0.2) is 4.79 Å². The highest BCUT2D eigenvalue weighted by Crippen LogP contribution is 2.22. The van der Waals surface area contributed by atoms with Gasteiger partial charge in [0.2, 0.25) is 0 Å². The van der Waals surface area contributed by atoms with Crippen LogP contribution in [0.3, 0.4) is 0 Å². The van der Waals surface area contributed by atoms with Crippen LogP contribution < -0.4 is 5.73 Å². The number of pyridine rings is 1. The van der Waals surface area contributed by atoms with Crippen LogP contribution in [0.1, 0.15) is 39.3 Å². The second-order valence-electron chi connectivity index (χ2n) is 6.74. The topological polar surface area (TPSA) is 68.5 Å². The van der Waals surface area contributed by atoms with E-state index < -0.39 is 5.60 Å². The van der Waals surface area contributed by atoms with Crippen molar-refractivity contribution in [3.05, 3.63) is 30.1 Å². The van der Waals surface area contributed by atoms with Crippen LogP contribution in [0.2, 0.25) is 0 Å². The maximum absolute atomic E-state index is 12.0. The number of hydrogen-bond donors (Lipinski definition) is 1. The molecule has 1 fully saturated rings. The fourth-order valence-electron chi connectivity index (χ4n) is 2.41. The van der Waals surface area contributed by atoms with Crippen molar-refractivity contribution in [2.24, 2.45) is 5.92 Å². The third-order valence-corrected chi connectivity index (χ3v) is 3.50. The molecule has 1 aromatic heterocycles. The van der Waals surface area contributed by atoms with E-state index in [0.717, 1.165) is 31.6 Å². The predicted octanol–water partition coefficient (Wildman–Crippen LogP) is 3.32. The molecular weight excluding hydrogens is 278 g/mol. The fourth-order valence-corrected chi connectivity index (χ4v) is 2.41. The Morgan fingerprint density at radius 1 is 1.50 bits per heavy atom. The van der Waals surface area contributed by atoms with Crippen molar-refractivity contribution >= 4 is 17.9 Å². The van der Waals surface area contributed by atoms with Gasteiger partial charge in [0.05, 0.1) is 17.6 Å². The first-order valence-electron chi connectivity index (χ1n) is 7.69. The molecule has 2 N–H and O–H groups in total. The van der Waals surface area contributed by atoms with Crippen LogP contribution in [-0.2, 0) is 4.74 Å². The Labute approximate surface area is 132 Å². The van der Waals surface area contributed by atoms with Crippen molar-refractivity contribution in [1.29, 1.82) is 0 Å². The minimum Gasteiger partial charge on any atom is -0.444 e. The number of hydrogen-bond acceptors (Lipinski definition) is 4. The van der Waals surface area contributed by atoms with E-state index in [0.29, 0.717) is 11.6 Å². The molecule has 1 aliphatic heterocycles. The summed E-state index contributed by atoms with van der Waals surface area (Å²) in [5.41, 5.74) is 6.74. The average molecular weight is 303 g/mol. The summed E-state index contributed by atoms with van der Waals surface area (Å²) in [5, 5.41) is 0. The lowest BCUT2D eigenvalue weighted by Crippen LogP contribution is -2.35. The summed E-state index contributed by atoms with van der Waals surface area (Å²) < 4.78 is 5.40. The lowest BCUT2D eigenvalue weighted by atomic mass is 10.0. The maximum Gasteiger partial charge on any atom is 0.410 e. The molecule has 5 heteroatoms. The van der Waals surface area contributed by atoms with Crippen LogP contribution in [0.25, 0.3) is 6.08 Å². The number of nitrogen functional groups attached to an aromatic ring is 1. The molecule has 0 saturated carbocycles. The molecule has 0 spiro atoms. The monoisotopic (exact) mass is 303 g/mol. The average Bonchev–Trinajstić information content (AvgIpc) is 2.88. The summed E-state index contributed by atoms with van der Waals surface area (Å²) >= 11 is 0. The summed E-state index contributed by atoms with van der Waals surface area (Å²) in [6, 6.07) is 3.74. The first-order valence-corrected chi connectivity index (χ1v) is 7.69. The van der Waals surface area contributed by atoms with Gasteiger partial charge in [-0.1, -0.05) is 6.08 Å². The number of ether oxygens (including phenoxy) is 1. The Morgan fingerprint density at radius 2 is 2.27 bits per heavy atom. The highest BCUT2D eigenvalue weighted by molar-refractivity contribution is 5.68. The molecule has 120 valence electrons. The SMILES string of the molecule is CC(C)(C)OC(=O)N1CC[C@H](C/C=C/c2ccc(N)cn2)C1. The molecule has 1 aliphatic rings. The van der Waals surface area contributed by atoms with Crippen molar-refractivity contribution in [2.75, 3.05) is 18.8 Å². The molecule has 0 aliphatic carbocycles. The van der Waals surface area contributed by atoms with Crippen LogP contribution in [0.5, 0.6) is 0 Å². The molecule has 2 rings (SSSR count). The quantitative estimate of drug-likeness (QED) is 0.930. The van der Waals surface area contributed by atoms with Crippen LogP contribution >= 0.6 is 0 Å². The van der Waals surface area contributed by atoms with Gasteiger partial charge in [-0.3, -0.25) is 4.98 Å². The third-order valence-electron chi connectivity index (χ3n) is 3.50. The van der Waals surface area contributed by atoms with E-state index in [9.17, 15) is 4.79 Å². The summed E-state index contributed by atoms with van der Waals surface area (Å²) in [4.78, 5) is 18.0. The zero-order valence-electron chi connectivity index (χ0n) is 13.6. The fraction of sp³-hybridized carbons (Fsp3) is 0.529. The van der Waals surface area contributed by atoms with Crippen molar-refractivity contribution < 1.29 is 9.53 Å². The van der Waals surface area contributed by atoms with Crippen LogP contribution in [0.15, 0.2) is 24.4 Å². The molecular formula is C17H25N3O2. The van der Waals surface area contributed by atoms with E-state index in [2.05, 4.69) is 11.1 Å². The van der Waals surface area contributed by atoms with Gasteiger partial charge in [-0.2, -0.15) is 0 Å². The number of allylic oxidation sites excluding steroid dienone is 1. The standard InChI is InChI=1S/C17H25N3O2/c1-17(2,3)22-16(21)20-10-9-13(12-20)5-4-6-15-8-7-14(18)11-19-15/h4,6-8,11,13H,5,9-10,12,18H2,1-3H3/b6-4+/t13-/m0/s1. The van der Waals surface area contributed by atoms with Crippen molar-refractivity contribution in [1.82, 2.24) is 9.88 Å². The Hall–Kier alpha value is -2.04. The number of aromatic nitrogens is 1. The van der Waals surface area contributed by atoms with E-state index in [4.69, 9.17) is 10.5 Å². The summed E-state index contributed by atoms with van der Waals surface area (Å²) in [7, 11) is 0. The Kier molecular flexibility index (Phi) is 5.06. The van der Waals surface area contributed by atoms with E-state index in [-0.39, 0.29) is 6.09 Å². The second kappa shape index (κ2) is 6.81. The largest absolute Gasteiger partial charge is 0.444 e. The Bertz CT molecular complexity index is 532. The lowest BCUT2D eigenvalue weighted by molar-refractivity contribution is 0.0288. The normalized spacial score (nSPS) is 18.9. The minimum absolute atomic E-state index is 0.209. The molecule has 22 heavy (non-hydrogen) atoms. The maximum atomic E-state index is 12.0. The van der Waals surface area contributed by atoms with Gasteiger partial charge in [-0.15, -0.1) is 0 Å². The number of nitrogens with two attached hydrogens (primary N) is 1. The van der Waals surface area contributed by atoms with E-state index in [1.165, 1.54) is 0 Å². The number of amides is 1. The molecule has 1 atom stereocenters. The molecule has 0 unspecified atom stereocenters. The van der Waals surface area contributed by atoms with Gasteiger partial charge in [0, 0.05) is 13.1 Å². The molecule has 0 bridgehead atoms. The number of nitrogens with zero attached hydrogens (tertiary/aromatic N) is 2. The van der Waals surface area contributed by atoms with Crippen LogP contribution in [0, 0.1) is 5.92 Å². The number of carbonyl (C=O) groups excluding carboxylic acids is 1. The molecule has 0 radical (unpaired) electrons. The highest BCUT2D eigenvalue weighted by Gasteiger charge is 2.28. The van der Waals surface area contributed by atoms with Crippen LogP contribution in [0.4, 0.5) is 10.5 Å². The van der Waals surface area contributed by atoms with E-state index >= 15 is 0 Å². The number of carbonyl (C=O) groups is 1. The molecule has 2 heterocycles. The molecule has 5 nitrogen and oxygen atoms in total. The number of likely N-dealkylation sites (tertiary alicyclic amines) is 1. The minimum atomic E-state index is -0.435. The zero-order valence-corrected chi connectivity index (χ0v) is 13.6. The molecule has 1 amide bonds. The number of rotatable bonds is 3. The first kappa shape index (κ1) is 16.3. The van der Waals surface area contributed by atoms with Gasteiger partial charge in [0.1, 0.15) is 5.60 Å². The van der Waals surface area contributed by atoms with Gasteiger partial charge in [0.15, 0.2) is 0 Å². The van der Waals surface area contributed by atoms with Crippen molar-refractivity contribution in [3.8, 4) is 0 Å². The molecule has 1 saturated heterocycles. The zero-order chi connectivity index (χ0) is 16.2. The summed E-state index contributed by atoms with van der Waals surface area (Å²) in [5.74, 6) is 0.484. The third kappa shape index (κ3) is 5.06. The Morgan fingerprint density at radius 3 is 2.91 bits per heavy atom. The van der Waals surface area contributed by atoms with E-state index in [1.54, 1.807) is 11.1 Å². The Balaban J connectivity index is 1.79. The van der Waals surface area contributed by atoms with Crippen LogP contribution in [-0.4, -0.2) is 34.7 Å². The molecule has 1 aromatic rings. The number of anilines is 1. The highest BCUT2D eigenvalue weighted by atomic mass is 16.6. The van der Waals surface area contributed by atoms with Gasteiger partial charge in [0.25, 0.3) is 0 Å². The first-order chi connectivity index (χ1) is 10.3. The summed E-state index contributed by atoms with van der Waals surface area (Å²) in [6.07, 6.45) is 7.50. The smallest absolute Gasteiger partial charge is 0.410 e. The summed E-state index contributed by atoms with van der Waals surface area (Å²) in [6.45, 7) is 7.20. The van der Waals surface area contributed by atoms with Gasteiger partial charge >= 0.3 is 6.09 Å². The van der Waals surface area contributed by atoms with Gasteiger partial charge in [-0.05, 0) is 57.7 Å².